The summed E-state index contributed by atoms with van der Waals surface area (Å²) in [5, 5.41) is 9.13. The Morgan fingerprint density at radius 3 is 2.32 bits per heavy atom. The first kappa shape index (κ1) is 14.3. The fraction of sp³-hybridized carbons (Fsp3) is 0.857. The van der Waals surface area contributed by atoms with Gasteiger partial charge in [-0.1, -0.05) is 12.8 Å². The van der Waals surface area contributed by atoms with Gasteiger partial charge in [-0.2, -0.15) is 0 Å². The minimum Gasteiger partial charge on any atom is -0.481 e. The minimum absolute atomic E-state index is 0.102. The van der Waals surface area contributed by atoms with Gasteiger partial charge in [-0.3, -0.25) is 9.59 Å². The molecule has 0 spiro atoms. The number of esters is 1. The molecule has 2 fully saturated rings. The SMILES string of the molecule is O=C(OCCOCCC1(C(=O)O)CCC1)C1CCC1. The molecule has 19 heavy (non-hydrogen) atoms. The molecular formula is C14H22O5. The number of carbonyl (C=O) groups excluding carboxylic acids is 1. The summed E-state index contributed by atoms with van der Waals surface area (Å²) >= 11 is 0. The third-order valence-corrected chi connectivity index (χ3v) is 4.40. The highest BCUT2D eigenvalue weighted by Gasteiger charge is 2.43. The number of hydrogen-bond donors (Lipinski definition) is 1. The second-order valence-corrected chi connectivity index (χ2v) is 5.60. The molecule has 0 heterocycles. The summed E-state index contributed by atoms with van der Waals surface area (Å²) in [6.45, 7) is 1.05. The lowest BCUT2D eigenvalue weighted by Crippen LogP contribution is -2.39. The summed E-state index contributed by atoms with van der Waals surface area (Å²) in [6.07, 6.45) is 6.06. The molecule has 0 unspecified atom stereocenters. The zero-order valence-corrected chi connectivity index (χ0v) is 11.2. The first-order valence-electron chi connectivity index (χ1n) is 7.12. The van der Waals surface area contributed by atoms with E-state index in [0.717, 1.165) is 38.5 Å². The molecule has 5 nitrogen and oxygen atoms in total. The first-order chi connectivity index (χ1) is 9.14. The number of hydrogen-bond acceptors (Lipinski definition) is 4. The topological polar surface area (TPSA) is 72.8 Å². The third-order valence-electron chi connectivity index (χ3n) is 4.40. The Morgan fingerprint density at radius 2 is 1.84 bits per heavy atom. The number of aliphatic carboxylic acids is 1. The standard InChI is InChI=1S/C14H22O5/c15-12(11-3-1-4-11)19-10-9-18-8-7-14(13(16)17)5-2-6-14/h11H,1-10H2,(H,16,17). The number of carbonyl (C=O) groups is 2. The van der Waals surface area contributed by atoms with Crippen LogP contribution in [0.25, 0.3) is 0 Å². The van der Waals surface area contributed by atoms with Crippen molar-refractivity contribution in [1.29, 1.82) is 0 Å². The monoisotopic (exact) mass is 270 g/mol. The average molecular weight is 270 g/mol. The van der Waals surface area contributed by atoms with Gasteiger partial charge in [-0.15, -0.1) is 0 Å². The smallest absolute Gasteiger partial charge is 0.309 e. The van der Waals surface area contributed by atoms with Crippen LogP contribution in [0.5, 0.6) is 0 Å². The molecule has 108 valence electrons. The number of carboxylic acids is 1. The molecule has 0 atom stereocenters. The highest BCUT2D eigenvalue weighted by Crippen LogP contribution is 2.44. The fourth-order valence-electron chi connectivity index (χ4n) is 2.51. The van der Waals surface area contributed by atoms with E-state index < -0.39 is 11.4 Å². The van der Waals surface area contributed by atoms with Crippen LogP contribution in [0.15, 0.2) is 0 Å². The maximum absolute atomic E-state index is 11.4. The van der Waals surface area contributed by atoms with Gasteiger partial charge in [0.05, 0.1) is 17.9 Å². The number of ether oxygens (including phenoxy) is 2. The van der Waals surface area contributed by atoms with E-state index in [1.807, 2.05) is 0 Å². The van der Waals surface area contributed by atoms with E-state index in [-0.39, 0.29) is 18.5 Å². The van der Waals surface area contributed by atoms with Crippen LogP contribution in [0.2, 0.25) is 0 Å². The molecule has 0 aromatic heterocycles. The van der Waals surface area contributed by atoms with Gasteiger partial charge in [0.15, 0.2) is 0 Å². The summed E-state index contributed by atoms with van der Waals surface area (Å²) in [4.78, 5) is 22.5. The fourth-order valence-corrected chi connectivity index (χ4v) is 2.51. The van der Waals surface area contributed by atoms with Crippen molar-refractivity contribution in [1.82, 2.24) is 0 Å². The van der Waals surface area contributed by atoms with Crippen molar-refractivity contribution in [2.45, 2.75) is 44.9 Å². The molecule has 2 aliphatic carbocycles. The van der Waals surface area contributed by atoms with Crippen LogP contribution in [-0.2, 0) is 19.1 Å². The van der Waals surface area contributed by atoms with E-state index in [9.17, 15) is 9.59 Å². The molecule has 0 aliphatic heterocycles. The van der Waals surface area contributed by atoms with Gasteiger partial charge in [0, 0.05) is 6.61 Å². The summed E-state index contributed by atoms with van der Waals surface area (Å²) in [7, 11) is 0. The normalized spacial score (nSPS) is 21.3. The molecule has 0 saturated heterocycles. The Morgan fingerprint density at radius 1 is 1.11 bits per heavy atom. The average Bonchev–Trinajstić information content (AvgIpc) is 2.22. The Labute approximate surface area is 113 Å². The van der Waals surface area contributed by atoms with Gasteiger partial charge in [0.2, 0.25) is 0 Å². The quantitative estimate of drug-likeness (QED) is 0.539. The van der Waals surface area contributed by atoms with E-state index in [1.54, 1.807) is 0 Å². The Bertz CT molecular complexity index is 331. The third kappa shape index (κ3) is 3.47. The number of carboxylic acid groups (broad SMARTS) is 1. The van der Waals surface area contributed by atoms with Crippen molar-refractivity contribution in [2.75, 3.05) is 19.8 Å². The van der Waals surface area contributed by atoms with E-state index in [2.05, 4.69) is 0 Å². The molecule has 0 radical (unpaired) electrons. The van der Waals surface area contributed by atoms with Gasteiger partial charge >= 0.3 is 11.9 Å². The van der Waals surface area contributed by atoms with Crippen LogP contribution >= 0.6 is 0 Å². The van der Waals surface area contributed by atoms with Gasteiger partial charge in [0.25, 0.3) is 0 Å². The van der Waals surface area contributed by atoms with Gasteiger partial charge in [0.1, 0.15) is 6.61 Å². The molecule has 5 heteroatoms. The predicted octanol–water partition coefficient (Wildman–Crippen LogP) is 1.99. The van der Waals surface area contributed by atoms with Crippen molar-refractivity contribution in [3.05, 3.63) is 0 Å². The van der Waals surface area contributed by atoms with Gasteiger partial charge < -0.3 is 14.6 Å². The Hall–Kier alpha value is -1.10. The molecule has 0 aromatic carbocycles. The summed E-state index contributed by atoms with van der Waals surface area (Å²) in [5.74, 6) is -0.722. The molecule has 0 aromatic rings. The molecule has 0 amide bonds. The van der Waals surface area contributed by atoms with Crippen LogP contribution in [0, 0.1) is 11.3 Å². The number of rotatable bonds is 8. The summed E-state index contributed by atoms with van der Waals surface area (Å²) in [6, 6.07) is 0. The predicted molar refractivity (Wildman–Crippen MR) is 67.7 cm³/mol. The molecule has 1 N–H and O–H groups in total. The second kappa shape index (κ2) is 6.37. The van der Waals surface area contributed by atoms with Gasteiger partial charge in [-0.05, 0) is 32.1 Å². The first-order valence-corrected chi connectivity index (χ1v) is 7.12. The molecular weight excluding hydrogens is 248 g/mol. The van der Waals surface area contributed by atoms with Crippen molar-refractivity contribution >= 4 is 11.9 Å². The highest BCUT2D eigenvalue weighted by atomic mass is 16.6. The lowest BCUT2D eigenvalue weighted by molar-refractivity contribution is -0.156. The lowest BCUT2D eigenvalue weighted by atomic mass is 9.67. The molecule has 2 saturated carbocycles. The van der Waals surface area contributed by atoms with Crippen LogP contribution in [0.1, 0.15) is 44.9 Å². The maximum atomic E-state index is 11.4. The van der Waals surface area contributed by atoms with Crippen LogP contribution in [0.4, 0.5) is 0 Å². The lowest BCUT2D eigenvalue weighted by Gasteiger charge is -2.37. The van der Waals surface area contributed by atoms with Gasteiger partial charge in [-0.25, -0.2) is 0 Å². The summed E-state index contributed by atoms with van der Waals surface area (Å²) < 4.78 is 10.4. The van der Waals surface area contributed by atoms with E-state index in [1.165, 1.54) is 0 Å². The highest BCUT2D eigenvalue weighted by molar-refractivity contribution is 5.75. The molecule has 0 bridgehead atoms. The maximum Gasteiger partial charge on any atom is 0.309 e. The van der Waals surface area contributed by atoms with Crippen molar-refractivity contribution in [3.63, 3.8) is 0 Å². The minimum atomic E-state index is -0.709. The van der Waals surface area contributed by atoms with Crippen LogP contribution < -0.4 is 0 Å². The Balaban J connectivity index is 1.50. The second-order valence-electron chi connectivity index (χ2n) is 5.60. The van der Waals surface area contributed by atoms with Crippen molar-refractivity contribution in [2.24, 2.45) is 11.3 Å². The van der Waals surface area contributed by atoms with Crippen molar-refractivity contribution in [3.8, 4) is 0 Å². The van der Waals surface area contributed by atoms with E-state index in [0.29, 0.717) is 19.6 Å². The van der Waals surface area contributed by atoms with Crippen molar-refractivity contribution < 1.29 is 24.2 Å². The van der Waals surface area contributed by atoms with Crippen LogP contribution in [-0.4, -0.2) is 36.9 Å². The van der Waals surface area contributed by atoms with E-state index >= 15 is 0 Å². The zero-order chi connectivity index (χ0) is 13.7. The Kier molecular flexibility index (Phi) is 4.80. The largest absolute Gasteiger partial charge is 0.481 e. The summed E-state index contributed by atoms with van der Waals surface area (Å²) in [5.41, 5.74) is -0.553. The van der Waals surface area contributed by atoms with E-state index in [4.69, 9.17) is 14.6 Å². The molecule has 2 aliphatic rings. The zero-order valence-electron chi connectivity index (χ0n) is 11.2. The molecule has 2 rings (SSSR count). The van der Waals surface area contributed by atoms with Crippen LogP contribution in [0.3, 0.4) is 0 Å².